The molecule has 4 nitrogen and oxygen atoms in total. The lowest BCUT2D eigenvalue weighted by atomic mass is 9.46. The summed E-state index contributed by atoms with van der Waals surface area (Å²) in [6, 6.07) is 0. The molecule has 0 aliphatic heterocycles. The van der Waals surface area contributed by atoms with Crippen LogP contribution < -0.4 is 0 Å². The number of hydrogen-bond donors (Lipinski definition) is 2. The minimum Gasteiger partial charge on any atom is -0.481 e. The van der Waals surface area contributed by atoms with Crippen LogP contribution in [0.5, 0.6) is 0 Å². The summed E-state index contributed by atoms with van der Waals surface area (Å²) in [5.74, 6) is -2.67. The van der Waals surface area contributed by atoms with Crippen molar-refractivity contribution in [1.29, 1.82) is 0 Å². The number of rotatable bonds is 2. The van der Waals surface area contributed by atoms with Crippen LogP contribution in [0.2, 0.25) is 0 Å². The summed E-state index contributed by atoms with van der Waals surface area (Å²) in [4.78, 5) is 24.0. The second kappa shape index (κ2) is 5.67. The van der Waals surface area contributed by atoms with E-state index in [1.807, 2.05) is 6.92 Å². The van der Waals surface area contributed by atoms with Gasteiger partial charge in [-0.1, -0.05) is 19.4 Å². The molecule has 8 atom stereocenters. The van der Waals surface area contributed by atoms with Gasteiger partial charge in [0.15, 0.2) is 5.78 Å². The number of aliphatic carboxylic acids is 1. The van der Waals surface area contributed by atoms with E-state index in [1.54, 1.807) is 0 Å². The number of fused-ring (bicyclic) bond motifs is 5. The summed E-state index contributed by atoms with van der Waals surface area (Å²) in [6.45, 7) is 4.19. The van der Waals surface area contributed by atoms with Crippen LogP contribution in [-0.4, -0.2) is 28.1 Å². The molecular formula is C21H30O4. The first kappa shape index (κ1) is 15.0. The molecule has 0 amide bonds. The Hall–Kier alpha value is -1.16. The van der Waals surface area contributed by atoms with Gasteiger partial charge >= 0.3 is 5.97 Å². The second-order valence-corrected chi connectivity index (χ2v) is 9.11. The largest absolute Gasteiger partial charge is 0.481 e. The number of aliphatic hydroxyl groups is 1. The molecule has 0 radical (unpaired) electrons. The molecule has 4 aliphatic carbocycles. The highest BCUT2D eigenvalue weighted by atomic mass is 16.6. The van der Waals surface area contributed by atoms with E-state index >= 15 is 0 Å². The number of carbonyl (C=O) groups is 2. The van der Waals surface area contributed by atoms with Crippen LogP contribution >= 0.6 is 0 Å². The maximum Gasteiger partial charge on any atom is 0.304 e. The van der Waals surface area contributed by atoms with Gasteiger partial charge in [-0.05, 0) is 79.6 Å². The van der Waals surface area contributed by atoms with E-state index in [2.05, 4.69) is 6.92 Å². The van der Waals surface area contributed by atoms with Crippen molar-refractivity contribution in [1.82, 2.24) is 0 Å². The fraction of sp³-hybridized carbons (Fsp3) is 0.810. The van der Waals surface area contributed by atoms with Gasteiger partial charge in [-0.25, -0.2) is 0 Å². The van der Waals surface area contributed by atoms with Crippen molar-refractivity contribution in [2.75, 3.05) is 0 Å². The number of hydrogen-bond acceptors (Lipinski definition) is 3. The highest BCUT2D eigenvalue weighted by Gasteiger charge is 2.59. The predicted molar refractivity (Wildman–Crippen MR) is 93.8 cm³/mol. The van der Waals surface area contributed by atoms with Crippen LogP contribution in [0.4, 0.5) is 0 Å². The summed E-state index contributed by atoms with van der Waals surface area (Å²) in [6.07, 6.45) is 4.85. The lowest BCUT2D eigenvalue weighted by molar-refractivity contribution is -0.141. The summed E-state index contributed by atoms with van der Waals surface area (Å²) < 4.78 is 17.5. The molecule has 4 heteroatoms. The van der Waals surface area contributed by atoms with Gasteiger partial charge in [-0.2, -0.15) is 0 Å². The Morgan fingerprint density at radius 3 is 2.80 bits per heavy atom. The molecular weight excluding hydrogens is 318 g/mol. The number of allylic oxidation sites excluding steroid dienone is 1. The normalized spacial score (nSPS) is 56.0. The summed E-state index contributed by atoms with van der Waals surface area (Å²) >= 11 is 0. The molecule has 0 aromatic rings. The molecule has 0 spiro atoms. The van der Waals surface area contributed by atoms with Crippen LogP contribution in [-0.2, 0) is 9.59 Å². The van der Waals surface area contributed by atoms with Gasteiger partial charge in [0.25, 0.3) is 0 Å². The van der Waals surface area contributed by atoms with Crippen LogP contribution in [0.1, 0.15) is 67.9 Å². The first-order chi connectivity index (χ1) is 12.5. The Balaban J connectivity index is 1.75. The lowest BCUT2D eigenvalue weighted by Crippen LogP contribution is -2.52. The molecule has 0 heterocycles. The van der Waals surface area contributed by atoms with Crippen LogP contribution in [0.15, 0.2) is 11.6 Å². The zero-order valence-corrected chi connectivity index (χ0v) is 15.1. The van der Waals surface area contributed by atoms with Gasteiger partial charge in [-0.15, -0.1) is 0 Å². The Morgan fingerprint density at radius 2 is 2.08 bits per heavy atom. The molecule has 2 N–H and O–H groups in total. The fourth-order valence-corrected chi connectivity index (χ4v) is 6.65. The van der Waals surface area contributed by atoms with Gasteiger partial charge in [-0.3, -0.25) is 9.59 Å². The maximum atomic E-state index is 12.6. The zero-order valence-electron chi connectivity index (χ0n) is 17.1. The third-order valence-corrected chi connectivity index (χ3v) is 8.03. The summed E-state index contributed by atoms with van der Waals surface area (Å²) in [5, 5.41) is 19.8. The van der Waals surface area contributed by atoms with E-state index in [9.17, 15) is 19.8 Å². The molecule has 0 saturated heterocycles. The highest BCUT2D eigenvalue weighted by molar-refractivity contribution is 5.95. The predicted octanol–water partition coefficient (Wildman–Crippen LogP) is 3.58. The number of carboxylic acid groups (broad SMARTS) is 1. The molecule has 0 bridgehead atoms. The topological polar surface area (TPSA) is 74.6 Å². The number of carbonyl (C=O) groups excluding carboxylic acids is 1. The molecule has 25 heavy (non-hydrogen) atoms. The van der Waals surface area contributed by atoms with Gasteiger partial charge < -0.3 is 10.2 Å². The Bertz CT molecular complexity index is 721. The highest BCUT2D eigenvalue weighted by Crippen LogP contribution is 2.65. The van der Waals surface area contributed by atoms with Crippen molar-refractivity contribution in [3.8, 4) is 0 Å². The molecule has 138 valence electrons. The third-order valence-electron chi connectivity index (χ3n) is 8.03. The minimum atomic E-state index is -1.91. The standard InChI is InChI=1S/C21H30O4/c1-20-8-7-16-14(15(20)5-6-18(20)23)4-3-13-10-17(22)12(9-19(24)25)11-21(13,16)2/h10,12,14-16,18,23H,3-9,11H2,1-2H3,(H,24,25)/t12?,14-,15-,16-,18-,20-,21-/m0/s1/i11T,12T,19+2/t11?,12?,14-,15-,16-,18-,20-,21-. The monoisotopic (exact) mass is 352 g/mol. The molecule has 4 aliphatic rings. The van der Waals surface area contributed by atoms with Crippen molar-refractivity contribution in [2.24, 2.45) is 34.5 Å². The smallest absolute Gasteiger partial charge is 0.304 e. The summed E-state index contributed by atoms with van der Waals surface area (Å²) in [7, 11) is 0. The zero-order chi connectivity index (χ0) is 19.8. The molecule has 0 aromatic carbocycles. The first-order valence-electron chi connectivity index (χ1n) is 10.7. The average Bonchev–Trinajstić information content (AvgIpc) is 2.90. The minimum absolute atomic E-state index is 0.0696. The first-order valence-corrected chi connectivity index (χ1v) is 9.62. The quantitative estimate of drug-likeness (QED) is 0.796. The van der Waals surface area contributed by atoms with Crippen molar-refractivity contribution in [3.63, 3.8) is 0 Å². The Labute approximate surface area is 152 Å². The van der Waals surface area contributed by atoms with Gasteiger partial charge in [0, 0.05) is 8.64 Å². The lowest BCUT2D eigenvalue weighted by Gasteiger charge is -2.58. The van der Waals surface area contributed by atoms with Crippen LogP contribution in [0.25, 0.3) is 0 Å². The Morgan fingerprint density at radius 1 is 1.32 bits per heavy atom. The maximum absolute atomic E-state index is 12.6. The van der Waals surface area contributed by atoms with E-state index in [1.165, 1.54) is 6.08 Å². The van der Waals surface area contributed by atoms with E-state index in [-0.39, 0.29) is 17.4 Å². The molecule has 0 aromatic heterocycles. The van der Waals surface area contributed by atoms with E-state index in [0.717, 1.165) is 44.1 Å². The van der Waals surface area contributed by atoms with E-state index < -0.39 is 35.9 Å². The number of aliphatic hydroxyl groups excluding tert-OH is 1. The average molecular weight is 352 g/mol. The number of ketones is 1. The van der Waals surface area contributed by atoms with E-state index in [0.29, 0.717) is 11.8 Å². The Kier molecular flexibility index (Phi) is 3.39. The van der Waals surface area contributed by atoms with Crippen molar-refractivity contribution < 1.29 is 22.5 Å². The van der Waals surface area contributed by atoms with Gasteiger partial charge in [0.05, 0.1) is 12.5 Å². The van der Waals surface area contributed by atoms with Crippen molar-refractivity contribution >= 4 is 11.8 Å². The molecule has 3 fully saturated rings. The van der Waals surface area contributed by atoms with Crippen LogP contribution in [0.3, 0.4) is 0 Å². The molecule has 4 rings (SSSR count). The summed E-state index contributed by atoms with van der Waals surface area (Å²) in [5.41, 5.74) is 0.243. The van der Waals surface area contributed by atoms with Crippen molar-refractivity contribution in [3.05, 3.63) is 11.6 Å². The van der Waals surface area contributed by atoms with Crippen molar-refractivity contribution in [2.45, 2.75) is 71.3 Å². The molecule has 3 saturated carbocycles. The van der Waals surface area contributed by atoms with E-state index in [4.69, 9.17) is 2.74 Å². The van der Waals surface area contributed by atoms with Gasteiger partial charge in [0.2, 0.25) is 0 Å². The van der Waals surface area contributed by atoms with Gasteiger partial charge in [0.1, 0.15) is 0 Å². The fourth-order valence-electron chi connectivity index (χ4n) is 6.65. The molecule has 2 unspecified atom stereocenters. The SMILES string of the molecule is [3H]C1C([3H])(C[14C](=O)O)C(=O)C=C2CC[C@H]3[C@@H]4CC[C@H](O)[C@@]4(C)CC[C@@H]3[C@]21C. The second-order valence-electron chi connectivity index (χ2n) is 9.11. The third kappa shape index (κ3) is 2.43. The number of carboxylic acids is 1. The van der Waals surface area contributed by atoms with Crippen LogP contribution in [0, 0.1) is 34.5 Å².